The average Bonchev–Trinajstić information content (AvgIpc) is 2.28. The Kier molecular flexibility index (Phi) is 3.80. The summed E-state index contributed by atoms with van der Waals surface area (Å²) in [5, 5.41) is 3.93. The molecule has 0 aliphatic heterocycles. The Balaban J connectivity index is 2.05. The maximum atomic E-state index is 6.01. The van der Waals surface area contributed by atoms with Crippen LogP contribution in [0, 0.1) is 0 Å². The molecular formula is C12H10BrClN2. The summed E-state index contributed by atoms with van der Waals surface area (Å²) in [4.78, 5) is 4.02. The highest BCUT2D eigenvalue weighted by atomic mass is 79.9. The zero-order valence-electron chi connectivity index (χ0n) is 8.45. The summed E-state index contributed by atoms with van der Waals surface area (Å²) in [7, 11) is 0. The van der Waals surface area contributed by atoms with Gasteiger partial charge in [0.25, 0.3) is 0 Å². The third-order valence-corrected chi connectivity index (χ3v) is 2.96. The number of halogens is 2. The molecule has 0 aliphatic carbocycles. The number of anilines is 1. The Morgan fingerprint density at radius 1 is 1.31 bits per heavy atom. The lowest BCUT2D eigenvalue weighted by Crippen LogP contribution is -2.00. The summed E-state index contributed by atoms with van der Waals surface area (Å²) < 4.78 is 1.07. The standard InChI is InChI=1S/C12H10BrClN2/c13-10-3-1-2-9(6-10)7-16-12-8-15-5-4-11(12)14/h1-6,8,16H,7H2. The van der Waals surface area contributed by atoms with Crippen LogP contribution in [-0.2, 0) is 6.54 Å². The molecule has 1 N–H and O–H groups in total. The van der Waals surface area contributed by atoms with Gasteiger partial charge in [-0.15, -0.1) is 0 Å². The molecule has 0 saturated heterocycles. The van der Waals surface area contributed by atoms with E-state index in [4.69, 9.17) is 11.6 Å². The normalized spacial score (nSPS) is 10.1. The molecule has 2 rings (SSSR count). The molecule has 0 radical (unpaired) electrons. The van der Waals surface area contributed by atoms with E-state index in [0.717, 1.165) is 16.7 Å². The van der Waals surface area contributed by atoms with Crippen molar-refractivity contribution >= 4 is 33.2 Å². The van der Waals surface area contributed by atoms with E-state index in [1.54, 1.807) is 18.5 Å². The largest absolute Gasteiger partial charge is 0.379 e. The van der Waals surface area contributed by atoms with Crippen LogP contribution < -0.4 is 5.32 Å². The van der Waals surface area contributed by atoms with Crippen molar-refractivity contribution in [3.05, 3.63) is 57.8 Å². The van der Waals surface area contributed by atoms with Gasteiger partial charge >= 0.3 is 0 Å². The van der Waals surface area contributed by atoms with Gasteiger partial charge < -0.3 is 5.32 Å². The summed E-state index contributed by atoms with van der Waals surface area (Å²) >= 11 is 9.45. The Morgan fingerprint density at radius 3 is 2.94 bits per heavy atom. The van der Waals surface area contributed by atoms with Crippen molar-refractivity contribution in [2.24, 2.45) is 0 Å². The first-order chi connectivity index (χ1) is 7.75. The van der Waals surface area contributed by atoms with Gasteiger partial charge in [-0.25, -0.2) is 0 Å². The molecule has 2 nitrogen and oxygen atoms in total. The second-order valence-electron chi connectivity index (χ2n) is 3.34. The molecule has 0 amide bonds. The summed E-state index contributed by atoms with van der Waals surface area (Å²) in [5.74, 6) is 0. The molecule has 0 spiro atoms. The van der Waals surface area contributed by atoms with Gasteiger partial charge in [-0.3, -0.25) is 4.98 Å². The molecule has 0 aliphatic rings. The van der Waals surface area contributed by atoms with Crippen LogP contribution in [0.2, 0.25) is 5.02 Å². The van der Waals surface area contributed by atoms with Crippen molar-refractivity contribution in [1.29, 1.82) is 0 Å². The highest BCUT2D eigenvalue weighted by Gasteiger charge is 1.99. The third kappa shape index (κ3) is 2.97. The molecule has 2 aromatic rings. The van der Waals surface area contributed by atoms with Crippen molar-refractivity contribution < 1.29 is 0 Å². The van der Waals surface area contributed by atoms with Crippen molar-refractivity contribution in [2.45, 2.75) is 6.54 Å². The SMILES string of the molecule is Clc1ccncc1NCc1cccc(Br)c1. The smallest absolute Gasteiger partial charge is 0.0718 e. The molecule has 1 aromatic carbocycles. The number of pyridine rings is 1. The van der Waals surface area contributed by atoms with E-state index in [0.29, 0.717) is 5.02 Å². The molecule has 0 atom stereocenters. The van der Waals surface area contributed by atoms with Gasteiger partial charge in [-0.05, 0) is 23.8 Å². The summed E-state index contributed by atoms with van der Waals surface area (Å²) in [5.41, 5.74) is 2.04. The van der Waals surface area contributed by atoms with Gasteiger partial charge in [0.05, 0.1) is 16.9 Å². The first-order valence-corrected chi connectivity index (χ1v) is 6.00. The van der Waals surface area contributed by atoms with Gasteiger partial charge in [0.15, 0.2) is 0 Å². The molecule has 0 unspecified atom stereocenters. The number of rotatable bonds is 3. The first kappa shape index (κ1) is 11.4. The molecule has 16 heavy (non-hydrogen) atoms. The second-order valence-corrected chi connectivity index (χ2v) is 4.66. The molecule has 1 heterocycles. The third-order valence-electron chi connectivity index (χ3n) is 2.14. The van der Waals surface area contributed by atoms with Crippen molar-refractivity contribution in [1.82, 2.24) is 4.98 Å². The second kappa shape index (κ2) is 5.32. The van der Waals surface area contributed by atoms with Crippen molar-refractivity contribution in [2.75, 3.05) is 5.32 Å². The van der Waals surface area contributed by atoms with Gasteiger partial charge in [-0.2, -0.15) is 0 Å². The number of nitrogens with zero attached hydrogens (tertiary/aromatic N) is 1. The fourth-order valence-corrected chi connectivity index (χ4v) is 1.97. The van der Waals surface area contributed by atoms with Crippen LogP contribution >= 0.6 is 27.5 Å². The highest BCUT2D eigenvalue weighted by Crippen LogP contribution is 2.20. The lowest BCUT2D eigenvalue weighted by atomic mass is 10.2. The Labute approximate surface area is 108 Å². The topological polar surface area (TPSA) is 24.9 Å². The van der Waals surface area contributed by atoms with E-state index in [2.05, 4.69) is 38.4 Å². The Bertz CT molecular complexity index is 488. The summed E-state index contributed by atoms with van der Waals surface area (Å²) in [6.07, 6.45) is 3.40. The zero-order chi connectivity index (χ0) is 11.4. The molecular weight excluding hydrogens is 288 g/mol. The maximum absolute atomic E-state index is 6.01. The number of benzene rings is 1. The molecule has 82 valence electrons. The predicted octanol–water partition coefficient (Wildman–Crippen LogP) is 4.11. The van der Waals surface area contributed by atoms with Crippen LogP contribution in [0.3, 0.4) is 0 Å². The van der Waals surface area contributed by atoms with Crippen LogP contribution in [0.15, 0.2) is 47.2 Å². The lowest BCUT2D eigenvalue weighted by Gasteiger charge is -2.07. The first-order valence-electron chi connectivity index (χ1n) is 4.83. The lowest BCUT2D eigenvalue weighted by molar-refractivity contribution is 1.13. The maximum Gasteiger partial charge on any atom is 0.0718 e. The molecule has 0 bridgehead atoms. The molecule has 4 heteroatoms. The number of hydrogen-bond acceptors (Lipinski definition) is 2. The van der Waals surface area contributed by atoms with E-state index in [-0.39, 0.29) is 0 Å². The molecule has 1 aromatic heterocycles. The minimum absolute atomic E-state index is 0.685. The van der Waals surface area contributed by atoms with E-state index in [1.807, 2.05) is 12.1 Å². The van der Waals surface area contributed by atoms with Gasteiger partial charge in [0.2, 0.25) is 0 Å². The minimum atomic E-state index is 0.685. The van der Waals surface area contributed by atoms with E-state index >= 15 is 0 Å². The average molecular weight is 298 g/mol. The fraction of sp³-hybridized carbons (Fsp3) is 0.0833. The van der Waals surface area contributed by atoms with E-state index < -0.39 is 0 Å². The van der Waals surface area contributed by atoms with Crippen LogP contribution in [0.5, 0.6) is 0 Å². The molecule has 0 fully saturated rings. The van der Waals surface area contributed by atoms with Crippen molar-refractivity contribution in [3.8, 4) is 0 Å². The van der Waals surface area contributed by atoms with Gasteiger partial charge in [0.1, 0.15) is 0 Å². The quantitative estimate of drug-likeness (QED) is 0.922. The number of nitrogens with one attached hydrogen (secondary N) is 1. The Morgan fingerprint density at radius 2 is 2.19 bits per heavy atom. The number of aromatic nitrogens is 1. The minimum Gasteiger partial charge on any atom is -0.379 e. The van der Waals surface area contributed by atoms with Crippen LogP contribution in [-0.4, -0.2) is 4.98 Å². The van der Waals surface area contributed by atoms with Crippen LogP contribution in [0.4, 0.5) is 5.69 Å². The van der Waals surface area contributed by atoms with E-state index in [9.17, 15) is 0 Å². The summed E-state index contributed by atoms with van der Waals surface area (Å²) in [6.45, 7) is 0.727. The molecule has 0 saturated carbocycles. The monoisotopic (exact) mass is 296 g/mol. The fourth-order valence-electron chi connectivity index (χ4n) is 1.35. The van der Waals surface area contributed by atoms with Gasteiger partial charge in [-0.1, -0.05) is 39.7 Å². The Hall–Kier alpha value is -1.06. The summed E-state index contributed by atoms with van der Waals surface area (Å²) in [6, 6.07) is 9.90. The van der Waals surface area contributed by atoms with Crippen molar-refractivity contribution in [3.63, 3.8) is 0 Å². The van der Waals surface area contributed by atoms with Crippen LogP contribution in [0.25, 0.3) is 0 Å². The highest BCUT2D eigenvalue weighted by molar-refractivity contribution is 9.10. The number of hydrogen-bond donors (Lipinski definition) is 1. The van der Waals surface area contributed by atoms with E-state index in [1.165, 1.54) is 5.56 Å². The zero-order valence-corrected chi connectivity index (χ0v) is 10.8. The van der Waals surface area contributed by atoms with Crippen LogP contribution in [0.1, 0.15) is 5.56 Å². The van der Waals surface area contributed by atoms with Gasteiger partial charge in [0, 0.05) is 17.2 Å². The predicted molar refractivity (Wildman–Crippen MR) is 70.7 cm³/mol.